The first kappa shape index (κ1) is 20.2. The number of nitrogens with zero attached hydrogens (tertiary/aromatic N) is 2. The average molecular weight is 456 g/mol. The van der Waals surface area contributed by atoms with Gasteiger partial charge in [0, 0.05) is 10.0 Å². The summed E-state index contributed by atoms with van der Waals surface area (Å²) in [5.74, 6) is -3.64. The van der Waals surface area contributed by atoms with Crippen molar-refractivity contribution >= 4 is 33.6 Å². The SMILES string of the molecule is COC(=O)c1ccccc1C1=C([N+](=O)[O-])C(c2cccc(Br)c2)C(C#N)C(=N)O1. The maximum atomic E-state index is 12.2. The molecule has 0 amide bonds. The van der Waals surface area contributed by atoms with Crippen LogP contribution >= 0.6 is 15.9 Å². The highest BCUT2D eigenvalue weighted by atomic mass is 79.9. The molecule has 1 aliphatic rings. The molecule has 8 nitrogen and oxygen atoms in total. The lowest BCUT2D eigenvalue weighted by Crippen LogP contribution is -2.32. The summed E-state index contributed by atoms with van der Waals surface area (Å²) < 4.78 is 10.9. The number of nitro groups is 1. The van der Waals surface area contributed by atoms with Gasteiger partial charge in [-0.3, -0.25) is 15.5 Å². The minimum atomic E-state index is -1.20. The van der Waals surface area contributed by atoms with Gasteiger partial charge >= 0.3 is 5.97 Å². The standard InChI is InChI=1S/C20H14BrN3O5/c1-28-20(25)14-8-3-2-7-13(14)18-17(24(26)27)16(15(10-22)19(23)29-18)11-5-4-6-12(21)9-11/h2-9,15-16,23H,1H3. The zero-order valence-corrected chi connectivity index (χ0v) is 16.7. The van der Waals surface area contributed by atoms with Crippen LogP contribution in [0.2, 0.25) is 0 Å². The molecule has 3 rings (SSSR count). The number of esters is 1. The van der Waals surface area contributed by atoms with Crippen molar-refractivity contribution in [2.75, 3.05) is 7.11 Å². The third-order valence-electron chi connectivity index (χ3n) is 4.48. The van der Waals surface area contributed by atoms with E-state index in [1.54, 1.807) is 36.4 Å². The van der Waals surface area contributed by atoms with Crippen molar-refractivity contribution < 1.29 is 19.2 Å². The topological polar surface area (TPSA) is 126 Å². The van der Waals surface area contributed by atoms with E-state index in [1.807, 2.05) is 6.07 Å². The largest absolute Gasteiger partial charge is 0.465 e. The molecule has 146 valence electrons. The summed E-state index contributed by atoms with van der Waals surface area (Å²) in [6.07, 6.45) is 0. The van der Waals surface area contributed by atoms with E-state index in [4.69, 9.17) is 14.9 Å². The number of nitriles is 1. The van der Waals surface area contributed by atoms with Gasteiger partial charge in [0.15, 0.2) is 0 Å². The van der Waals surface area contributed by atoms with Crippen molar-refractivity contribution in [2.24, 2.45) is 5.92 Å². The number of nitrogens with one attached hydrogen (secondary N) is 1. The van der Waals surface area contributed by atoms with Gasteiger partial charge in [-0.2, -0.15) is 5.26 Å². The van der Waals surface area contributed by atoms with E-state index in [9.17, 15) is 20.2 Å². The highest BCUT2D eigenvalue weighted by Gasteiger charge is 2.46. The second kappa shape index (κ2) is 8.24. The molecule has 0 spiro atoms. The van der Waals surface area contributed by atoms with Gasteiger partial charge in [0.1, 0.15) is 11.8 Å². The quantitative estimate of drug-likeness (QED) is 0.419. The minimum Gasteiger partial charge on any atom is -0.465 e. The van der Waals surface area contributed by atoms with Crippen molar-refractivity contribution in [2.45, 2.75) is 5.92 Å². The van der Waals surface area contributed by atoms with E-state index in [2.05, 4.69) is 15.9 Å². The number of allylic oxidation sites excluding steroid dienone is 1. The van der Waals surface area contributed by atoms with E-state index in [1.165, 1.54) is 19.2 Å². The summed E-state index contributed by atoms with van der Waals surface area (Å²) in [5, 5.41) is 29.9. The zero-order chi connectivity index (χ0) is 21.1. The number of carbonyl (C=O) groups is 1. The van der Waals surface area contributed by atoms with Crippen LogP contribution in [0.25, 0.3) is 5.76 Å². The highest BCUT2D eigenvalue weighted by Crippen LogP contribution is 2.43. The molecular formula is C20H14BrN3O5. The van der Waals surface area contributed by atoms with Crippen LogP contribution in [0.4, 0.5) is 0 Å². The van der Waals surface area contributed by atoms with Crippen molar-refractivity contribution in [1.29, 1.82) is 10.7 Å². The van der Waals surface area contributed by atoms with Gasteiger partial charge in [0.25, 0.3) is 5.70 Å². The van der Waals surface area contributed by atoms with E-state index in [-0.39, 0.29) is 16.9 Å². The molecule has 9 heteroatoms. The van der Waals surface area contributed by atoms with Gasteiger partial charge in [-0.15, -0.1) is 0 Å². The first-order chi connectivity index (χ1) is 13.9. The number of methoxy groups -OCH3 is 1. The summed E-state index contributed by atoms with van der Waals surface area (Å²) >= 11 is 3.33. The Morgan fingerprint density at radius 1 is 1.31 bits per heavy atom. The van der Waals surface area contributed by atoms with Gasteiger partial charge in [-0.25, -0.2) is 4.79 Å². The molecule has 2 aromatic rings. The molecule has 0 fully saturated rings. The molecule has 2 atom stereocenters. The van der Waals surface area contributed by atoms with Gasteiger partial charge in [-0.1, -0.05) is 46.3 Å². The maximum Gasteiger partial charge on any atom is 0.338 e. The molecule has 2 aromatic carbocycles. The Morgan fingerprint density at radius 3 is 2.66 bits per heavy atom. The van der Waals surface area contributed by atoms with Crippen LogP contribution in [0.5, 0.6) is 0 Å². The molecule has 0 bridgehead atoms. The molecule has 0 radical (unpaired) electrons. The second-order valence-corrected chi connectivity index (χ2v) is 7.03. The maximum absolute atomic E-state index is 12.2. The smallest absolute Gasteiger partial charge is 0.338 e. The van der Waals surface area contributed by atoms with Crippen LogP contribution in [0.3, 0.4) is 0 Å². The van der Waals surface area contributed by atoms with Crippen LogP contribution in [0.1, 0.15) is 27.4 Å². The van der Waals surface area contributed by atoms with E-state index in [0.29, 0.717) is 10.0 Å². The van der Waals surface area contributed by atoms with Gasteiger partial charge in [-0.05, 0) is 23.8 Å². The normalized spacial score (nSPS) is 18.6. The molecule has 0 saturated heterocycles. The molecule has 1 aliphatic heterocycles. The van der Waals surface area contributed by atoms with E-state index < -0.39 is 34.3 Å². The third kappa shape index (κ3) is 3.75. The number of hydrogen-bond acceptors (Lipinski definition) is 7. The monoisotopic (exact) mass is 455 g/mol. The molecule has 1 N–H and O–H groups in total. The first-order valence-corrected chi connectivity index (χ1v) is 9.16. The van der Waals surface area contributed by atoms with Crippen LogP contribution in [0, 0.1) is 32.8 Å². The predicted molar refractivity (Wildman–Crippen MR) is 106 cm³/mol. The van der Waals surface area contributed by atoms with Crippen LogP contribution < -0.4 is 0 Å². The fraction of sp³-hybridized carbons (Fsp3) is 0.150. The molecule has 29 heavy (non-hydrogen) atoms. The van der Waals surface area contributed by atoms with E-state index in [0.717, 1.165) is 0 Å². The van der Waals surface area contributed by atoms with E-state index >= 15 is 0 Å². The lowest BCUT2D eigenvalue weighted by molar-refractivity contribution is -0.431. The van der Waals surface area contributed by atoms with Crippen molar-refractivity contribution in [3.05, 3.63) is 85.5 Å². The summed E-state index contributed by atoms with van der Waals surface area (Å²) in [6.45, 7) is 0. The van der Waals surface area contributed by atoms with Gasteiger partial charge in [0.2, 0.25) is 11.7 Å². The number of rotatable bonds is 4. The Balaban J connectivity index is 2.34. The Kier molecular flexibility index (Phi) is 5.75. The summed E-state index contributed by atoms with van der Waals surface area (Å²) in [4.78, 5) is 23.6. The summed E-state index contributed by atoms with van der Waals surface area (Å²) in [6, 6.07) is 14.8. The summed E-state index contributed by atoms with van der Waals surface area (Å²) in [5.41, 5.74) is 0.244. The second-order valence-electron chi connectivity index (χ2n) is 6.11. The highest BCUT2D eigenvalue weighted by molar-refractivity contribution is 9.10. The van der Waals surface area contributed by atoms with Crippen LogP contribution in [-0.4, -0.2) is 23.9 Å². The number of carbonyl (C=O) groups excluding carboxylic acids is 1. The minimum absolute atomic E-state index is 0.0561. The summed E-state index contributed by atoms with van der Waals surface area (Å²) in [7, 11) is 1.20. The first-order valence-electron chi connectivity index (χ1n) is 8.36. The van der Waals surface area contributed by atoms with Crippen LogP contribution in [-0.2, 0) is 9.47 Å². The lowest BCUT2D eigenvalue weighted by atomic mass is 9.81. The molecule has 0 aromatic heterocycles. The van der Waals surface area contributed by atoms with Crippen LogP contribution in [0.15, 0.2) is 58.7 Å². The third-order valence-corrected chi connectivity index (χ3v) is 4.97. The Hall–Kier alpha value is -3.51. The van der Waals surface area contributed by atoms with Crippen molar-refractivity contribution in [3.8, 4) is 6.07 Å². The Labute approximate surface area is 174 Å². The predicted octanol–water partition coefficient (Wildman–Crippen LogP) is 4.11. The number of halogens is 1. The van der Waals surface area contributed by atoms with Crippen molar-refractivity contribution in [3.63, 3.8) is 0 Å². The fourth-order valence-corrected chi connectivity index (χ4v) is 3.64. The molecule has 2 unspecified atom stereocenters. The average Bonchev–Trinajstić information content (AvgIpc) is 2.72. The van der Waals surface area contributed by atoms with Crippen molar-refractivity contribution in [1.82, 2.24) is 0 Å². The fourth-order valence-electron chi connectivity index (χ4n) is 3.22. The molecule has 0 aliphatic carbocycles. The zero-order valence-electron chi connectivity index (χ0n) is 15.1. The Bertz CT molecular complexity index is 1090. The molecule has 0 saturated carbocycles. The lowest BCUT2D eigenvalue weighted by Gasteiger charge is -2.28. The Morgan fingerprint density at radius 2 is 2.03 bits per heavy atom. The molecular weight excluding hydrogens is 442 g/mol. The molecule has 1 heterocycles. The van der Waals surface area contributed by atoms with Gasteiger partial charge < -0.3 is 9.47 Å². The number of hydrogen-bond donors (Lipinski definition) is 1. The number of benzene rings is 2. The van der Waals surface area contributed by atoms with Gasteiger partial charge in [0.05, 0.1) is 23.7 Å². The number of ether oxygens (including phenoxy) is 2.